The van der Waals surface area contributed by atoms with Gasteiger partial charge in [0.05, 0.1) is 19.3 Å². The highest BCUT2D eigenvalue weighted by Crippen LogP contribution is 2.40. The second-order valence-electron chi connectivity index (χ2n) is 7.50. The number of nitrogens with two attached hydrogens (primary N) is 1. The fourth-order valence-corrected chi connectivity index (χ4v) is 4.98. The Morgan fingerprint density at radius 1 is 1.25 bits per heavy atom. The second kappa shape index (κ2) is 6.21. The lowest BCUT2D eigenvalue weighted by Crippen LogP contribution is -2.37. The predicted molar refractivity (Wildman–Crippen MR) is 101 cm³/mol. The number of nitrogens with one attached hydrogen (secondary N) is 2. The topological polar surface area (TPSA) is 128 Å². The van der Waals surface area contributed by atoms with Gasteiger partial charge in [-0.25, -0.2) is 22.6 Å². The summed E-state index contributed by atoms with van der Waals surface area (Å²) in [7, 11) is -4.11. The third-order valence-corrected chi connectivity index (χ3v) is 7.06. The highest BCUT2D eigenvalue weighted by Gasteiger charge is 2.32. The predicted octanol–water partition coefficient (Wildman–Crippen LogP) is 0.558. The Kier molecular flexibility index (Phi) is 3.88. The number of carbonyl (C=O) groups excluding carboxylic acids is 1. The largest absolute Gasteiger partial charge is 0.476 e. The zero-order chi connectivity index (χ0) is 19.5. The van der Waals surface area contributed by atoms with E-state index in [0.717, 1.165) is 42.5 Å². The van der Waals surface area contributed by atoms with Crippen LogP contribution in [0.1, 0.15) is 22.3 Å². The van der Waals surface area contributed by atoms with E-state index in [1.54, 1.807) is 0 Å². The molecule has 0 saturated carbocycles. The van der Waals surface area contributed by atoms with Gasteiger partial charge in [0.1, 0.15) is 0 Å². The fraction of sp³-hybridized carbons (Fsp3) is 0.444. The van der Waals surface area contributed by atoms with Gasteiger partial charge in [-0.1, -0.05) is 6.07 Å². The molecule has 9 nitrogen and oxygen atoms in total. The van der Waals surface area contributed by atoms with Gasteiger partial charge >= 0.3 is 6.03 Å². The Labute approximate surface area is 162 Å². The van der Waals surface area contributed by atoms with Crippen molar-refractivity contribution in [3.05, 3.63) is 34.5 Å². The van der Waals surface area contributed by atoms with Crippen LogP contribution in [0.5, 0.6) is 5.88 Å². The Morgan fingerprint density at radius 2 is 1.96 bits per heavy atom. The van der Waals surface area contributed by atoms with E-state index in [1.807, 2.05) is 0 Å². The summed E-state index contributed by atoms with van der Waals surface area (Å²) in [5.74, 6) is 0.214. The molecule has 0 bridgehead atoms. The van der Waals surface area contributed by atoms with Crippen molar-refractivity contribution in [2.75, 3.05) is 18.5 Å². The third-order valence-electron chi connectivity index (χ3n) is 5.75. The summed E-state index contributed by atoms with van der Waals surface area (Å²) < 4.78 is 34.5. The molecular formula is C18H21N5O4S. The van der Waals surface area contributed by atoms with Gasteiger partial charge in [0, 0.05) is 18.2 Å². The number of amides is 2. The molecule has 2 amide bonds. The average molecular weight is 403 g/mol. The number of hydrogen-bond acceptors (Lipinski definition) is 6. The van der Waals surface area contributed by atoms with Crippen LogP contribution in [0.15, 0.2) is 17.2 Å². The van der Waals surface area contributed by atoms with Crippen LogP contribution in [-0.2, 0) is 42.3 Å². The van der Waals surface area contributed by atoms with Gasteiger partial charge in [-0.15, -0.1) is 0 Å². The highest BCUT2D eigenvalue weighted by molar-refractivity contribution is 7.90. The van der Waals surface area contributed by atoms with Gasteiger partial charge in [0.15, 0.2) is 4.90 Å². The molecule has 5 rings (SSSR count). The van der Waals surface area contributed by atoms with Crippen molar-refractivity contribution < 1.29 is 17.9 Å². The van der Waals surface area contributed by atoms with Crippen LogP contribution < -0.4 is 20.5 Å². The van der Waals surface area contributed by atoms with Crippen molar-refractivity contribution in [3.63, 3.8) is 0 Å². The van der Waals surface area contributed by atoms with Gasteiger partial charge in [0.2, 0.25) is 5.88 Å². The number of aryl methyl sites for hydroxylation is 2. The van der Waals surface area contributed by atoms with Crippen LogP contribution >= 0.6 is 0 Å². The number of carbonyl (C=O) groups is 1. The molecule has 1 aliphatic heterocycles. The zero-order valence-corrected chi connectivity index (χ0v) is 16.0. The van der Waals surface area contributed by atoms with Crippen LogP contribution in [0.4, 0.5) is 10.5 Å². The lowest BCUT2D eigenvalue weighted by atomic mass is 9.76. The van der Waals surface area contributed by atoms with Crippen LogP contribution in [-0.4, -0.2) is 37.4 Å². The van der Waals surface area contributed by atoms with E-state index >= 15 is 0 Å². The van der Waals surface area contributed by atoms with E-state index in [-0.39, 0.29) is 16.7 Å². The minimum Gasteiger partial charge on any atom is -0.476 e. The van der Waals surface area contributed by atoms with Gasteiger partial charge in [-0.05, 0) is 47.9 Å². The molecule has 2 aromatic rings. The van der Waals surface area contributed by atoms with E-state index in [9.17, 15) is 13.2 Å². The molecule has 2 heterocycles. The van der Waals surface area contributed by atoms with Crippen molar-refractivity contribution in [1.29, 1.82) is 0 Å². The maximum atomic E-state index is 12.7. The number of rotatable bonds is 4. The molecule has 0 radical (unpaired) electrons. The molecule has 148 valence electrons. The minimum absolute atomic E-state index is 0.0774. The van der Waals surface area contributed by atoms with Crippen molar-refractivity contribution in [2.45, 2.75) is 37.1 Å². The molecule has 28 heavy (non-hydrogen) atoms. The Morgan fingerprint density at radius 3 is 2.57 bits per heavy atom. The number of fused-ring (bicyclic) bond motifs is 3. The van der Waals surface area contributed by atoms with Crippen LogP contribution in [0, 0.1) is 5.92 Å². The third kappa shape index (κ3) is 2.67. The van der Waals surface area contributed by atoms with Crippen LogP contribution in [0.25, 0.3) is 0 Å². The highest BCUT2D eigenvalue weighted by atomic mass is 32.2. The summed E-state index contributed by atoms with van der Waals surface area (Å²) in [5, 5.41) is 6.83. The number of aromatic nitrogens is 2. The quantitative estimate of drug-likeness (QED) is 0.684. The molecule has 3 aliphatic rings. The lowest BCUT2D eigenvalue weighted by Gasteiger charge is -2.32. The molecule has 4 N–H and O–H groups in total. The molecule has 0 fully saturated rings. The van der Waals surface area contributed by atoms with Crippen molar-refractivity contribution in [2.24, 2.45) is 11.7 Å². The summed E-state index contributed by atoms with van der Waals surface area (Å²) >= 11 is 0. The first-order valence-electron chi connectivity index (χ1n) is 9.35. The van der Waals surface area contributed by atoms with Gasteiger partial charge in [-0.2, -0.15) is 5.10 Å². The summed E-state index contributed by atoms with van der Waals surface area (Å²) in [6, 6.07) is 1.42. The fourth-order valence-electron chi connectivity index (χ4n) is 3.99. The normalized spacial score (nSPS) is 19.2. The van der Waals surface area contributed by atoms with Crippen molar-refractivity contribution in [3.8, 4) is 5.88 Å². The van der Waals surface area contributed by atoms with Crippen molar-refractivity contribution in [1.82, 2.24) is 14.5 Å². The first-order valence-corrected chi connectivity index (χ1v) is 10.8. The Balaban J connectivity index is 1.36. The summed E-state index contributed by atoms with van der Waals surface area (Å²) in [6.45, 7) is 1.22. The number of anilines is 1. The zero-order valence-electron chi connectivity index (χ0n) is 15.2. The SMILES string of the molecule is NCC1COc2c(S(=O)(=O)NC(=O)Nc3c4c(cc5c3CC5)CC4)cnn2C1. The first-order chi connectivity index (χ1) is 13.5. The summed E-state index contributed by atoms with van der Waals surface area (Å²) in [6.07, 6.45) is 5.00. The lowest BCUT2D eigenvalue weighted by molar-refractivity contribution is 0.164. The van der Waals surface area contributed by atoms with E-state index < -0.39 is 16.1 Å². The summed E-state index contributed by atoms with van der Waals surface area (Å²) in [5.41, 5.74) is 11.1. The average Bonchev–Trinajstić information content (AvgIpc) is 3.02. The van der Waals surface area contributed by atoms with E-state index in [0.29, 0.717) is 19.7 Å². The monoisotopic (exact) mass is 403 g/mol. The molecule has 0 saturated heterocycles. The maximum absolute atomic E-state index is 12.7. The first kappa shape index (κ1) is 17.5. The van der Waals surface area contributed by atoms with Gasteiger partial charge in [0.25, 0.3) is 10.0 Å². The van der Waals surface area contributed by atoms with Gasteiger partial charge < -0.3 is 15.8 Å². The minimum atomic E-state index is -4.11. The number of sulfonamides is 1. The number of urea groups is 1. The molecule has 2 aliphatic carbocycles. The number of ether oxygens (including phenoxy) is 1. The molecule has 0 spiro atoms. The maximum Gasteiger partial charge on any atom is 0.333 e. The number of hydrogen-bond donors (Lipinski definition) is 3. The van der Waals surface area contributed by atoms with Gasteiger partial charge in [-0.3, -0.25) is 0 Å². The standard InChI is InChI=1S/C18H21N5O4S/c19-6-10-8-23-17(27-9-10)15(7-20-23)28(25,26)22-18(24)21-16-13-3-1-11(13)5-12-2-4-14(12)16/h5,7,10H,1-4,6,8-9,19H2,(H2,21,22,24). The van der Waals surface area contributed by atoms with E-state index in [1.165, 1.54) is 22.0 Å². The molecule has 1 aromatic carbocycles. The molecule has 10 heteroatoms. The Bertz CT molecular complexity index is 1060. The second-order valence-corrected chi connectivity index (χ2v) is 9.15. The van der Waals surface area contributed by atoms with Crippen LogP contribution in [0.2, 0.25) is 0 Å². The van der Waals surface area contributed by atoms with Crippen molar-refractivity contribution >= 4 is 21.7 Å². The smallest absolute Gasteiger partial charge is 0.333 e. The van der Waals surface area contributed by atoms with E-state index in [2.05, 4.69) is 21.2 Å². The number of benzene rings is 1. The van der Waals surface area contributed by atoms with Crippen LogP contribution in [0.3, 0.4) is 0 Å². The molecule has 1 unspecified atom stereocenters. The van der Waals surface area contributed by atoms with E-state index in [4.69, 9.17) is 10.5 Å². The molecular weight excluding hydrogens is 382 g/mol. The Hall–Kier alpha value is -2.59. The number of nitrogens with zero attached hydrogens (tertiary/aromatic N) is 2. The molecule has 1 aromatic heterocycles. The summed E-state index contributed by atoms with van der Waals surface area (Å²) in [4.78, 5) is 12.3. The molecule has 1 atom stereocenters.